The molecule has 0 saturated carbocycles. The number of unbranched alkanes of at least 4 members (excludes halogenated alkanes) is 1. The molecule has 1 N–H and O–H groups in total. The highest BCUT2D eigenvalue weighted by molar-refractivity contribution is 6.54. The number of nitrogens with zero attached hydrogens (tertiary/aromatic N) is 1. The molecule has 0 radical (unpaired) electrons. The minimum Gasteiger partial charge on any atom is -0.324 e. The van der Waals surface area contributed by atoms with Gasteiger partial charge >= 0.3 is 0 Å². The lowest BCUT2D eigenvalue weighted by Gasteiger charge is -2.32. The van der Waals surface area contributed by atoms with Crippen molar-refractivity contribution in [3.63, 3.8) is 0 Å². The van der Waals surface area contributed by atoms with Crippen molar-refractivity contribution in [1.29, 1.82) is 0 Å². The van der Waals surface area contributed by atoms with Crippen LogP contribution < -0.4 is 5.32 Å². The molecule has 1 aliphatic rings. The largest absolute Gasteiger partial charge is 0.324 e. The first-order valence-corrected chi connectivity index (χ1v) is 7.78. The Morgan fingerprint density at radius 3 is 2.58 bits per heavy atom. The number of hydrogen-bond donors (Lipinski definition) is 1. The van der Waals surface area contributed by atoms with Gasteiger partial charge in [-0.3, -0.25) is 0 Å². The molecule has 2 nitrogen and oxygen atoms in total. The molecule has 0 spiro atoms. The van der Waals surface area contributed by atoms with Gasteiger partial charge in [-0.1, -0.05) is 26.3 Å². The van der Waals surface area contributed by atoms with Crippen molar-refractivity contribution in [1.82, 2.24) is 9.88 Å². The Balaban J connectivity index is 2.15. The van der Waals surface area contributed by atoms with Crippen LogP contribution in [0.4, 0.5) is 0 Å². The van der Waals surface area contributed by atoms with Crippen LogP contribution in [0.3, 0.4) is 0 Å². The van der Waals surface area contributed by atoms with Crippen LogP contribution in [0.25, 0.3) is 0 Å². The van der Waals surface area contributed by atoms with Crippen molar-refractivity contribution in [3.8, 4) is 0 Å². The van der Waals surface area contributed by atoms with E-state index in [4.69, 9.17) is 0 Å². The summed E-state index contributed by atoms with van der Waals surface area (Å²) in [5, 5.41) is 3.41. The minimum absolute atomic E-state index is 0.508. The molecule has 0 aliphatic carbocycles. The zero-order valence-electron chi connectivity index (χ0n) is 8.47. The molecule has 0 aromatic carbocycles. The molecule has 3 heteroatoms. The maximum atomic E-state index is 3.41. The third-order valence-corrected chi connectivity index (χ3v) is 5.76. The summed E-state index contributed by atoms with van der Waals surface area (Å²) in [6, 6.07) is 1.51. The second-order valence-electron chi connectivity index (χ2n) is 3.78. The van der Waals surface area contributed by atoms with Crippen LogP contribution in [0.15, 0.2) is 0 Å². The molecule has 12 heavy (non-hydrogen) atoms. The Hall–Kier alpha value is 0.137. The van der Waals surface area contributed by atoms with E-state index in [0.717, 1.165) is 0 Å². The molecule has 1 aliphatic heterocycles. The number of hydrogen-bond acceptors (Lipinski definition) is 2. The van der Waals surface area contributed by atoms with Gasteiger partial charge in [0.1, 0.15) is 8.96 Å². The van der Waals surface area contributed by atoms with E-state index in [2.05, 4.69) is 23.4 Å². The van der Waals surface area contributed by atoms with Gasteiger partial charge in [0, 0.05) is 26.2 Å². The maximum absolute atomic E-state index is 3.41. The summed E-state index contributed by atoms with van der Waals surface area (Å²) < 4.78 is 2.74. The standard InChI is InChI=1S/C9H22N2Si/c1-3-4-9-12(2)11-7-5-10-6-8-11/h10,12H,3-9H2,1-2H3. The van der Waals surface area contributed by atoms with E-state index >= 15 is 0 Å². The highest BCUT2D eigenvalue weighted by Gasteiger charge is 2.16. The number of nitrogens with one attached hydrogen (secondary N) is 1. The molecule has 0 bridgehead atoms. The van der Waals surface area contributed by atoms with Gasteiger partial charge in [0.2, 0.25) is 0 Å². The fourth-order valence-electron chi connectivity index (χ4n) is 1.81. The first kappa shape index (κ1) is 10.2. The van der Waals surface area contributed by atoms with Gasteiger partial charge in [0.05, 0.1) is 0 Å². The summed E-state index contributed by atoms with van der Waals surface area (Å²) in [5.41, 5.74) is 0. The van der Waals surface area contributed by atoms with Crippen molar-refractivity contribution >= 4 is 8.96 Å². The first-order chi connectivity index (χ1) is 5.84. The Bertz CT molecular complexity index is 113. The molecule has 1 rings (SSSR count). The van der Waals surface area contributed by atoms with Crippen molar-refractivity contribution < 1.29 is 0 Å². The van der Waals surface area contributed by atoms with E-state index in [9.17, 15) is 0 Å². The second kappa shape index (κ2) is 5.73. The van der Waals surface area contributed by atoms with Crippen LogP contribution in [-0.2, 0) is 0 Å². The van der Waals surface area contributed by atoms with Gasteiger partial charge in [-0.15, -0.1) is 0 Å². The van der Waals surface area contributed by atoms with Crippen LogP contribution in [0.1, 0.15) is 19.8 Å². The van der Waals surface area contributed by atoms with Crippen LogP contribution in [0.5, 0.6) is 0 Å². The van der Waals surface area contributed by atoms with Crippen LogP contribution in [0.2, 0.25) is 12.6 Å². The monoisotopic (exact) mass is 186 g/mol. The van der Waals surface area contributed by atoms with E-state index in [-0.39, 0.29) is 0 Å². The molecule has 1 unspecified atom stereocenters. The summed E-state index contributed by atoms with van der Waals surface area (Å²) in [7, 11) is -0.508. The quantitative estimate of drug-likeness (QED) is 0.660. The predicted molar refractivity (Wildman–Crippen MR) is 57.2 cm³/mol. The lowest BCUT2D eigenvalue weighted by atomic mass is 10.4. The third kappa shape index (κ3) is 3.25. The van der Waals surface area contributed by atoms with E-state index in [1.807, 2.05) is 0 Å². The van der Waals surface area contributed by atoms with Crippen LogP contribution >= 0.6 is 0 Å². The Kier molecular flexibility index (Phi) is 4.88. The number of rotatable bonds is 4. The molecular formula is C9H22N2Si. The summed E-state index contributed by atoms with van der Waals surface area (Å²) in [4.78, 5) is 0. The average Bonchev–Trinajstić information content (AvgIpc) is 2.15. The summed E-state index contributed by atoms with van der Waals surface area (Å²) in [6.07, 6.45) is 2.81. The zero-order valence-corrected chi connectivity index (χ0v) is 9.63. The average molecular weight is 186 g/mol. The molecule has 1 fully saturated rings. The van der Waals surface area contributed by atoms with Crippen molar-refractivity contribution in [2.45, 2.75) is 32.4 Å². The maximum Gasteiger partial charge on any atom is 0.108 e. The van der Waals surface area contributed by atoms with E-state index in [1.165, 1.54) is 45.1 Å². The van der Waals surface area contributed by atoms with Gasteiger partial charge in [-0.05, 0) is 6.04 Å². The molecular weight excluding hydrogens is 164 g/mol. The fraction of sp³-hybridized carbons (Fsp3) is 1.00. The Labute approximate surface area is 78.0 Å². The lowest BCUT2D eigenvalue weighted by molar-refractivity contribution is 0.366. The van der Waals surface area contributed by atoms with Gasteiger partial charge in [-0.2, -0.15) is 0 Å². The van der Waals surface area contributed by atoms with Gasteiger partial charge in [0.15, 0.2) is 0 Å². The molecule has 72 valence electrons. The molecule has 1 atom stereocenters. The highest BCUT2D eigenvalue weighted by atomic mass is 28.3. The second-order valence-corrected chi connectivity index (χ2v) is 6.78. The third-order valence-electron chi connectivity index (χ3n) is 2.75. The first-order valence-electron chi connectivity index (χ1n) is 5.29. The summed E-state index contributed by atoms with van der Waals surface area (Å²) in [5.74, 6) is 0. The zero-order chi connectivity index (χ0) is 8.81. The summed E-state index contributed by atoms with van der Waals surface area (Å²) in [6.45, 7) is 9.82. The Morgan fingerprint density at radius 1 is 1.33 bits per heavy atom. The topological polar surface area (TPSA) is 15.3 Å². The van der Waals surface area contributed by atoms with Crippen molar-refractivity contribution in [2.24, 2.45) is 0 Å². The van der Waals surface area contributed by atoms with Crippen molar-refractivity contribution in [3.05, 3.63) is 0 Å². The summed E-state index contributed by atoms with van der Waals surface area (Å²) >= 11 is 0. The highest BCUT2D eigenvalue weighted by Crippen LogP contribution is 2.06. The van der Waals surface area contributed by atoms with Crippen LogP contribution in [-0.4, -0.2) is 39.7 Å². The van der Waals surface area contributed by atoms with E-state index in [0.29, 0.717) is 0 Å². The fourth-order valence-corrected chi connectivity index (χ4v) is 4.31. The molecule has 1 heterocycles. The smallest absolute Gasteiger partial charge is 0.108 e. The molecule has 1 saturated heterocycles. The lowest BCUT2D eigenvalue weighted by Crippen LogP contribution is -2.49. The van der Waals surface area contributed by atoms with E-state index in [1.54, 1.807) is 0 Å². The molecule has 0 amide bonds. The van der Waals surface area contributed by atoms with Gasteiger partial charge < -0.3 is 9.88 Å². The predicted octanol–water partition coefficient (Wildman–Crippen LogP) is 1.05. The SMILES string of the molecule is CCCC[SiH](C)N1CCNCC1. The number of piperazine rings is 1. The van der Waals surface area contributed by atoms with E-state index < -0.39 is 8.96 Å². The van der Waals surface area contributed by atoms with Gasteiger partial charge in [-0.25, -0.2) is 0 Å². The van der Waals surface area contributed by atoms with Crippen molar-refractivity contribution in [2.75, 3.05) is 26.2 Å². The molecule has 0 aromatic rings. The minimum atomic E-state index is -0.508. The Morgan fingerprint density at radius 2 is 2.00 bits per heavy atom. The van der Waals surface area contributed by atoms with Crippen LogP contribution in [0, 0.1) is 0 Å². The normalized spacial score (nSPS) is 22.5. The van der Waals surface area contributed by atoms with Gasteiger partial charge in [0.25, 0.3) is 0 Å². The molecule has 0 aromatic heterocycles.